The van der Waals surface area contributed by atoms with Crippen LogP contribution in [0.1, 0.15) is 12.5 Å². The molecule has 0 aliphatic heterocycles. The van der Waals surface area contributed by atoms with Gasteiger partial charge < -0.3 is 0 Å². The van der Waals surface area contributed by atoms with E-state index in [0.29, 0.717) is 5.56 Å². The van der Waals surface area contributed by atoms with E-state index >= 15 is 0 Å². The minimum Gasteiger partial charge on any atom is -0.256 e. The van der Waals surface area contributed by atoms with Crippen LogP contribution in [0.15, 0.2) is 42.6 Å². The molecule has 14 heavy (non-hydrogen) atoms. The summed E-state index contributed by atoms with van der Waals surface area (Å²) in [7, 11) is 0. The Balaban J connectivity index is 2.62. The summed E-state index contributed by atoms with van der Waals surface area (Å²) in [5, 5.41) is 1.03. The SMILES string of the molecule is C/C=C(\F)c1ccc2cccnc2c1. The molecule has 0 fully saturated rings. The van der Waals surface area contributed by atoms with Gasteiger partial charge in [0.25, 0.3) is 0 Å². The Bertz CT molecular complexity index is 488. The number of nitrogens with zero attached hydrogens (tertiary/aromatic N) is 1. The summed E-state index contributed by atoms with van der Waals surface area (Å²) in [6, 6.07) is 9.22. The molecule has 2 rings (SSSR count). The first kappa shape index (κ1) is 8.88. The molecular weight excluding hydrogens is 177 g/mol. The first-order valence-electron chi connectivity index (χ1n) is 4.48. The maximum Gasteiger partial charge on any atom is 0.126 e. The highest BCUT2D eigenvalue weighted by Gasteiger charge is 2.00. The predicted molar refractivity (Wildman–Crippen MR) is 56.5 cm³/mol. The lowest BCUT2D eigenvalue weighted by molar-refractivity contribution is 0.758. The monoisotopic (exact) mass is 187 g/mol. The number of fused-ring (bicyclic) bond motifs is 1. The van der Waals surface area contributed by atoms with Crippen LogP contribution in [-0.4, -0.2) is 4.98 Å². The van der Waals surface area contributed by atoms with Crippen LogP contribution in [0.2, 0.25) is 0 Å². The van der Waals surface area contributed by atoms with Gasteiger partial charge in [0.2, 0.25) is 0 Å². The van der Waals surface area contributed by atoms with Gasteiger partial charge in [0.15, 0.2) is 0 Å². The van der Waals surface area contributed by atoms with Crippen LogP contribution in [0.4, 0.5) is 4.39 Å². The maximum atomic E-state index is 13.2. The van der Waals surface area contributed by atoms with Crippen LogP contribution in [0.5, 0.6) is 0 Å². The Morgan fingerprint density at radius 1 is 1.36 bits per heavy atom. The second-order valence-electron chi connectivity index (χ2n) is 3.05. The molecule has 0 amide bonds. The van der Waals surface area contributed by atoms with E-state index in [0.717, 1.165) is 10.9 Å². The van der Waals surface area contributed by atoms with E-state index in [-0.39, 0.29) is 5.83 Å². The van der Waals surface area contributed by atoms with Gasteiger partial charge in [0, 0.05) is 17.1 Å². The highest BCUT2D eigenvalue weighted by atomic mass is 19.1. The zero-order valence-corrected chi connectivity index (χ0v) is 7.87. The second kappa shape index (κ2) is 3.58. The lowest BCUT2D eigenvalue weighted by atomic mass is 10.1. The van der Waals surface area contributed by atoms with Crippen LogP contribution in [-0.2, 0) is 0 Å². The maximum absolute atomic E-state index is 13.2. The van der Waals surface area contributed by atoms with Crippen LogP contribution >= 0.6 is 0 Å². The Hall–Kier alpha value is -1.70. The van der Waals surface area contributed by atoms with Gasteiger partial charge in [0.05, 0.1) is 5.52 Å². The third-order valence-electron chi connectivity index (χ3n) is 2.14. The van der Waals surface area contributed by atoms with E-state index in [2.05, 4.69) is 4.98 Å². The van der Waals surface area contributed by atoms with Crippen molar-refractivity contribution >= 4 is 16.7 Å². The van der Waals surface area contributed by atoms with Gasteiger partial charge in [-0.3, -0.25) is 4.98 Å². The van der Waals surface area contributed by atoms with Crippen LogP contribution in [0, 0.1) is 0 Å². The third-order valence-corrected chi connectivity index (χ3v) is 2.14. The molecule has 0 saturated carbocycles. The first-order chi connectivity index (χ1) is 6.81. The fourth-order valence-electron chi connectivity index (χ4n) is 1.38. The lowest BCUT2D eigenvalue weighted by Crippen LogP contribution is -1.81. The molecule has 0 bridgehead atoms. The fraction of sp³-hybridized carbons (Fsp3) is 0.0833. The lowest BCUT2D eigenvalue weighted by Gasteiger charge is -1.99. The molecule has 1 aromatic heterocycles. The highest BCUT2D eigenvalue weighted by molar-refractivity contribution is 5.81. The van der Waals surface area contributed by atoms with E-state index < -0.39 is 0 Å². The summed E-state index contributed by atoms with van der Waals surface area (Å²) < 4.78 is 13.2. The number of allylic oxidation sites excluding steroid dienone is 1. The van der Waals surface area contributed by atoms with Crippen molar-refractivity contribution in [2.75, 3.05) is 0 Å². The van der Waals surface area contributed by atoms with Crippen molar-refractivity contribution in [3.8, 4) is 0 Å². The molecule has 0 saturated heterocycles. The van der Waals surface area contributed by atoms with E-state index in [4.69, 9.17) is 0 Å². The minimum atomic E-state index is -0.211. The van der Waals surface area contributed by atoms with Gasteiger partial charge >= 0.3 is 0 Å². The fourth-order valence-corrected chi connectivity index (χ4v) is 1.38. The number of aromatic nitrogens is 1. The van der Waals surface area contributed by atoms with Crippen molar-refractivity contribution in [3.63, 3.8) is 0 Å². The van der Waals surface area contributed by atoms with Crippen LogP contribution in [0.3, 0.4) is 0 Å². The van der Waals surface area contributed by atoms with E-state index in [1.54, 1.807) is 25.3 Å². The summed E-state index contributed by atoms with van der Waals surface area (Å²) in [5.41, 5.74) is 1.40. The number of pyridine rings is 1. The van der Waals surface area contributed by atoms with Crippen molar-refractivity contribution in [2.45, 2.75) is 6.92 Å². The quantitative estimate of drug-likeness (QED) is 0.665. The summed E-state index contributed by atoms with van der Waals surface area (Å²) in [4.78, 5) is 4.16. The third kappa shape index (κ3) is 1.51. The normalized spacial score (nSPS) is 12.0. The van der Waals surface area contributed by atoms with Crippen molar-refractivity contribution in [3.05, 3.63) is 48.2 Å². The molecule has 0 atom stereocenters. The van der Waals surface area contributed by atoms with E-state index in [1.165, 1.54) is 6.08 Å². The molecule has 1 nitrogen and oxygen atoms in total. The van der Waals surface area contributed by atoms with Crippen LogP contribution in [0.25, 0.3) is 16.7 Å². The number of halogens is 1. The topological polar surface area (TPSA) is 12.9 Å². The number of benzene rings is 1. The zero-order chi connectivity index (χ0) is 9.97. The molecule has 2 aromatic rings. The Kier molecular flexibility index (Phi) is 2.27. The largest absolute Gasteiger partial charge is 0.256 e. The highest BCUT2D eigenvalue weighted by Crippen LogP contribution is 2.20. The molecule has 0 aliphatic rings. The average molecular weight is 187 g/mol. The van der Waals surface area contributed by atoms with E-state index in [1.807, 2.05) is 18.2 Å². The molecule has 0 aliphatic carbocycles. The summed E-state index contributed by atoms with van der Waals surface area (Å²) >= 11 is 0. The Labute approximate surface area is 81.9 Å². The summed E-state index contributed by atoms with van der Waals surface area (Å²) in [6.07, 6.45) is 3.16. The molecule has 0 spiro atoms. The molecule has 2 heteroatoms. The van der Waals surface area contributed by atoms with Gasteiger partial charge in [-0.1, -0.05) is 24.3 Å². The minimum absolute atomic E-state index is 0.211. The first-order valence-corrected chi connectivity index (χ1v) is 4.48. The van der Waals surface area contributed by atoms with Gasteiger partial charge in [-0.25, -0.2) is 4.39 Å². The van der Waals surface area contributed by atoms with Crippen molar-refractivity contribution in [1.29, 1.82) is 0 Å². The van der Waals surface area contributed by atoms with Crippen LogP contribution < -0.4 is 0 Å². The molecule has 1 heterocycles. The van der Waals surface area contributed by atoms with Crippen molar-refractivity contribution in [2.24, 2.45) is 0 Å². The number of rotatable bonds is 1. The summed E-state index contributed by atoms with van der Waals surface area (Å²) in [5.74, 6) is -0.211. The molecule has 0 radical (unpaired) electrons. The Morgan fingerprint density at radius 3 is 3.00 bits per heavy atom. The molecular formula is C12H10FN. The molecule has 0 N–H and O–H groups in total. The van der Waals surface area contributed by atoms with Gasteiger partial charge in [0.1, 0.15) is 5.83 Å². The molecule has 70 valence electrons. The smallest absolute Gasteiger partial charge is 0.126 e. The standard InChI is InChI=1S/C12H10FN/c1-2-11(13)10-6-5-9-4-3-7-14-12(9)8-10/h2-8H,1H3/b11-2-. The van der Waals surface area contributed by atoms with E-state index in [9.17, 15) is 4.39 Å². The number of hydrogen-bond donors (Lipinski definition) is 0. The van der Waals surface area contributed by atoms with Crippen molar-refractivity contribution in [1.82, 2.24) is 4.98 Å². The predicted octanol–water partition coefficient (Wildman–Crippen LogP) is 3.57. The van der Waals surface area contributed by atoms with Gasteiger partial charge in [-0.05, 0) is 19.1 Å². The number of hydrogen-bond acceptors (Lipinski definition) is 1. The van der Waals surface area contributed by atoms with Crippen molar-refractivity contribution < 1.29 is 4.39 Å². The molecule has 1 aromatic carbocycles. The Morgan fingerprint density at radius 2 is 2.21 bits per heavy atom. The second-order valence-corrected chi connectivity index (χ2v) is 3.05. The van der Waals surface area contributed by atoms with Gasteiger partial charge in [-0.15, -0.1) is 0 Å². The zero-order valence-electron chi connectivity index (χ0n) is 7.87. The average Bonchev–Trinajstić information content (AvgIpc) is 2.27. The molecule has 0 unspecified atom stereocenters. The summed E-state index contributed by atoms with van der Waals surface area (Å²) in [6.45, 7) is 1.68. The van der Waals surface area contributed by atoms with Gasteiger partial charge in [-0.2, -0.15) is 0 Å².